The van der Waals surface area contributed by atoms with E-state index in [2.05, 4.69) is 5.32 Å². The van der Waals surface area contributed by atoms with E-state index < -0.39 is 17.7 Å². The molecule has 0 aliphatic rings. The number of rotatable bonds is 3. The Morgan fingerprint density at radius 2 is 1.81 bits per heavy atom. The number of carboxylic acids is 1. The van der Waals surface area contributed by atoms with E-state index in [1.807, 2.05) is 13.8 Å². The van der Waals surface area contributed by atoms with Gasteiger partial charge in [-0.05, 0) is 26.7 Å². The van der Waals surface area contributed by atoms with Gasteiger partial charge >= 0.3 is 12.1 Å². The van der Waals surface area contributed by atoms with Gasteiger partial charge in [0.1, 0.15) is 11.3 Å². The van der Waals surface area contributed by atoms with Gasteiger partial charge in [0.15, 0.2) is 0 Å². The lowest BCUT2D eigenvalue weighted by Crippen LogP contribution is -2.34. The van der Waals surface area contributed by atoms with Crippen molar-refractivity contribution in [2.24, 2.45) is 5.92 Å². The molecule has 1 amide bonds. The normalized spacial score (nSPS) is 12.5. The average Bonchev–Trinajstić information content (AvgIpc) is 1.97. The molecule has 0 atom stereocenters. The molecule has 0 saturated carbocycles. The van der Waals surface area contributed by atoms with Gasteiger partial charge in [-0.3, -0.25) is 5.32 Å². The molecule has 0 aromatic carbocycles. The lowest BCUT2D eigenvalue weighted by atomic mass is 10.2. The molecule has 92 valence electrons. The van der Waals surface area contributed by atoms with Crippen LogP contribution < -0.4 is 5.32 Å². The van der Waals surface area contributed by atoms with Gasteiger partial charge in [-0.25, -0.2) is 9.59 Å². The van der Waals surface area contributed by atoms with Crippen molar-refractivity contribution < 1.29 is 19.4 Å². The summed E-state index contributed by atoms with van der Waals surface area (Å²) in [6.07, 6.45) is 0.688. The third kappa shape index (κ3) is 6.86. The summed E-state index contributed by atoms with van der Waals surface area (Å²) in [5.41, 5.74) is -0.810. The first-order valence-corrected chi connectivity index (χ1v) is 5.07. The highest BCUT2D eigenvalue weighted by molar-refractivity contribution is 5.90. The molecule has 2 N–H and O–H groups in total. The molecule has 0 bridgehead atoms. The Morgan fingerprint density at radius 1 is 1.31 bits per heavy atom. The number of carboxylic acid groups (broad SMARTS) is 1. The smallest absolute Gasteiger partial charge is 0.412 e. The zero-order valence-corrected chi connectivity index (χ0v) is 10.3. The second kappa shape index (κ2) is 5.53. The predicted octanol–water partition coefficient (Wildman–Crippen LogP) is 2.14. The number of carbonyl (C=O) groups excluding carboxylic acids is 1. The largest absolute Gasteiger partial charge is 0.477 e. The maximum Gasteiger partial charge on any atom is 0.412 e. The molecule has 0 unspecified atom stereocenters. The summed E-state index contributed by atoms with van der Waals surface area (Å²) >= 11 is 0. The second-order valence-corrected chi connectivity index (χ2v) is 4.76. The van der Waals surface area contributed by atoms with E-state index >= 15 is 0 Å². The van der Waals surface area contributed by atoms with Crippen LogP contribution in [0, 0.1) is 5.92 Å². The minimum atomic E-state index is -1.18. The van der Waals surface area contributed by atoms with Crippen molar-refractivity contribution in [3.05, 3.63) is 11.8 Å². The molecule has 0 aromatic rings. The van der Waals surface area contributed by atoms with E-state index in [1.165, 1.54) is 6.08 Å². The number of alkyl carbamates (subject to hydrolysis) is 1. The monoisotopic (exact) mass is 229 g/mol. The highest BCUT2D eigenvalue weighted by atomic mass is 16.6. The van der Waals surface area contributed by atoms with Gasteiger partial charge < -0.3 is 9.84 Å². The summed E-state index contributed by atoms with van der Waals surface area (Å²) in [6.45, 7) is 8.76. The maximum absolute atomic E-state index is 11.3. The first-order valence-electron chi connectivity index (χ1n) is 5.07. The Bertz CT molecular complexity index is 300. The van der Waals surface area contributed by atoms with Gasteiger partial charge in [0.05, 0.1) is 0 Å². The zero-order chi connectivity index (χ0) is 12.9. The Morgan fingerprint density at radius 3 is 2.12 bits per heavy atom. The first-order chi connectivity index (χ1) is 7.11. The van der Waals surface area contributed by atoms with Gasteiger partial charge in [-0.2, -0.15) is 0 Å². The quantitative estimate of drug-likeness (QED) is 0.727. The van der Waals surface area contributed by atoms with Gasteiger partial charge in [0.2, 0.25) is 0 Å². The number of amides is 1. The second-order valence-electron chi connectivity index (χ2n) is 4.76. The van der Waals surface area contributed by atoms with E-state index in [-0.39, 0.29) is 11.6 Å². The van der Waals surface area contributed by atoms with Crippen molar-refractivity contribution in [3.63, 3.8) is 0 Å². The molecule has 5 heteroatoms. The summed E-state index contributed by atoms with van der Waals surface area (Å²) in [6, 6.07) is 0. The molecule has 0 saturated heterocycles. The average molecular weight is 229 g/mol. The van der Waals surface area contributed by atoms with Crippen molar-refractivity contribution in [1.82, 2.24) is 5.32 Å². The highest BCUT2D eigenvalue weighted by Gasteiger charge is 2.19. The van der Waals surface area contributed by atoms with Gasteiger partial charge in [-0.1, -0.05) is 19.9 Å². The Balaban J connectivity index is 4.55. The molecule has 5 nitrogen and oxygen atoms in total. The molecule has 0 aliphatic carbocycles. The Labute approximate surface area is 95.5 Å². The number of allylic oxidation sites excluding steroid dienone is 1. The van der Waals surface area contributed by atoms with Crippen molar-refractivity contribution in [2.75, 3.05) is 0 Å². The third-order valence-corrected chi connectivity index (χ3v) is 1.37. The van der Waals surface area contributed by atoms with Crippen LogP contribution >= 0.6 is 0 Å². The summed E-state index contributed by atoms with van der Waals surface area (Å²) in [7, 11) is 0. The van der Waals surface area contributed by atoms with Crippen molar-refractivity contribution in [2.45, 2.75) is 40.2 Å². The number of nitrogens with one attached hydrogen (secondary N) is 1. The Hall–Kier alpha value is -1.52. The van der Waals surface area contributed by atoms with E-state index in [0.717, 1.165) is 0 Å². The summed E-state index contributed by atoms with van der Waals surface area (Å²) in [5, 5.41) is 11.0. The molecular formula is C11H19NO4. The molecule has 0 rings (SSSR count). The van der Waals surface area contributed by atoms with Gasteiger partial charge in [-0.15, -0.1) is 0 Å². The molecule has 0 spiro atoms. The van der Waals surface area contributed by atoms with E-state index in [9.17, 15) is 9.59 Å². The van der Waals surface area contributed by atoms with E-state index in [4.69, 9.17) is 9.84 Å². The lowest BCUT2D eigenvalue weighted by molar-refractivity contribution is -0.133. The van der Waals surface area contributed by atoms with Gasteiger partial charge in [0.25, 0.3) is 0 Å². The molecule has 16 heavy (non-hydrogen) atoms. The van der Waals surface area contributed by atoms with E-state index in [0.29, 0.717) is 0 Å². The van der Waals surface area contributed by atoms with Crippen molar-refractivity contribution in [3.8, 4) is 0 Å². The number of carbonyl (C=O) groups is 2. The minimum Gasteiger partial charge on any atom is -0.477 e. The predicted molar refractivity (Wildman–Crippen MR) is 59.9 cm³/mol. The molecule has 0 radical (unpaired) electrons. The van der Waals surface area contributed by atoms with Crippen LogP contribution in [0.5, 0.6) is 0 Å². The van der Waals surface area contributed by atoms with Crippen LogP contribution in [0.3, 0.4) is 0 Å². The minimum absolute atomic E-state index is 0.0287. The fraction of sp³-hybridized carbons (Fsp3) is 0.636. The van der Waals surface area contributed by atoms with Crippen LogP contribution in [0.2, 0.25) is 0 Å². The molecule has 0 aliphatic heterocycles. The Kier molecular flexibility index (Phi) is 5.01. The summed E-state index contributed by atoms with van der Waals surface area (Å²) in [5.74, 6) is -1.15. The third-order valence-electron chi connectivity index (χ3n) is 1.37. The molecule has 0 fully saturated rings. The lowest BCUT2D eigenvalue weighted by Gasteiger charge is -2.19. The topological polar surface area (TPSA) is 75.6 Å². The number of hydrogen-bond acceptors (Lipinski definition) is 3. The maximum atomic E-state index is 11.3. The highest BCUT2D eigenvalue weighted by Crippen LogP contribution is 2.08. The van der Waals surface area contributed by atoms with Crippen LogP contribution in [-0.4, -0.2) is 22.8 Å². The van der Waals surface area contributed by atoms with E-state index in [1.54, 1.807) is 20.8 Å². The van der Waals surface area contributed by atoms with Crippen molar-refractivity contribution >= 4 is 12.1 Å². The van der Waals surface area contributed by atoms with Crippen molar-refractivity contribution in [1.29, 1.82) is 0 Å². The zero-order valence-electron chi connectivity index (χ0n) is 10.3. The summed E-state index contributed by atoms with van der Waals surface area (Å²) < 4.78 is 4.95. The number of aliphatic carboxylic acids is 1. The molecular weight excluding hydrogens is 210 g/mol. The van der Waals surface area contributed by atoms with Crippen LogP contribution in [-0.2, 0) is 9.53 Å². The van der Waals surface area contributed by atoms with Gasteiger partial charge in [0, 0.05) is 0 Å². The van der Waals surface area contributed by atoms with Crippen LogP contribution in [0.15, 0.2) is 11.8 Å². The first kappa shape index (κ1) is 14.5. The molecule has 0 heterocycles. The summed E-state index contributed by atoms with van der Waals surface area (Å²) in [4.78, 5) is 22.1. The fourth-order valence-corrected chi connectivity index (χ4v) is 0.913. The van der Waals surface area contributed by atoms with Crippen LogP contribution in [0.4, 0.5) is 4.79 Å². The SMILES string of the molecule is CC(C)/C=C(\NC(=O)OC(C)(C)C)C(=O)O. The molecule has 0 aromatic heterocycles. The number of ether oxygens (including phenoxy) is 1. The number of hydrogen-bond donors (Lipinski definition) is 2. The fourth-order valence-electron chi connectivity index (χ4n) is 0.913. The van der Waals surface area contributed by atoms with Crippen LogP contribution in [0.1, 0.15) is 34.6 Å². The standard InChI is InChI=1S/C11H19NO4/c1-7(2)6-8(9(13)14)12-10(15)16-11(3,4)5/h6-7H,1-5H3,(H,12,15)(H,13,14)/b8-6-. The van der Waals surface area contributed by atoms with Crippen LogP contribution in [0.25, 0.3) is 0 Å².